The smallest absolute Gasteiger partial charge is 0.264 e. The molecular weight excluding hydrogens is 542 g/mol. The van der Waals surface area contributed by atoms with E-state index in [1.165, 1.54) is 24.1 Å². The van der Waals surface area contributed by atoms with Crippen molar-refractivity contribution in [1.29, 1.82) is 0 Å². The molecule has 0 unspecified atom stereocenters. The van der Waals surface area contributed by atoms with E-state index in [1.807, 2.05) is 38.1 Å². The molecule has 0 radical (unpaired) electrons. The van der Waals surface area contributed by atoms with Crippen LogP contribution in [-0.2, 0) is 26.2 Å². The maximum absolute atomic E-state index is 13.7. The van der Waals surface area contributed by atoms with E-state index >= 15 is 0 Å². The van der Waals surface area contributed by atoms with Gasteiger partial charge in [0.1, 0.15) is 12.6 Å². The lowest BCUT2D eigenvalue weighted by Crippen LogP contribution is -2.50. The van der Waals surface area contributed by atoms with Gasteiger partial charge in [-0.2, -0.15) is 0 Å². The van der Waals surface area contributed by atoms with Crippen LogP contribution < -0.4 is 9.62 Å². The number of halogens is 1. The molecule has 0 aliphatic heterocycles. The van der Waals surface area contributed by atoms with Gasteiger partial charge in [0.2, 0.25) is 11.8 Å². The summed E-state index contributed by atoms with van der Waals surface area (Å²) in [4.78, 5) is 27.7. The van der Waals surface area contributed by atoms with E-state index in [0.29, 0.717) is 5.69 Å². The molecule has 3 rings (SSSR count). The van der Waals surface area contributed by atoms with Crippen LogP contribution >= 0.6 is 15.9 Å². The summed E-state index contributed by atoms with van der Waals surface area (Å²) in [6.45, 7) is 5.08. The Balaban J connectivity index is 2.01. The molecule has 0 aliphatic rings. The predicted molar refractivity (Wildman–Crippen MR) is 145 cm³/mol. The minimum atomic E-state index is -4.06. The standard InChI is InChI=1S/C27H30BrN3O4S/c1-19-5-13-24(14-6-19)31(36(34,35)25-15-7-20(2)8-16-25)18-26(32)30(21(3)27(33)29-4)17-22-9-11-23(28)12-10-22/h5-16,21H,17-18H2,1-4H3,(H,29,33)/t21-/m0/s1. The van der Waals surface area contributed by atoms with Crippen molar-refractivity contribution in [2.24, 2.45) is 0 Å². The largest absolute Gasteiger partial charge is 0.357 e. The third kappa shape index (κ3) is 6.53. The fraction of sp³-hybridized carbons (Fsp3) is 0.259. The highest BCUT2D eigenvalue weighted by molar-refractivity contribution is 9.10. The van der Waals surface area contributed by atoms with Crippen molar-refractivity contribution in [3.63, 3.8) is 0 Å². The molecule has 0 heterocycles. The molecule has 0 aromatic heterocycles. The number of rotatable bonds is 9. The summed E-state index contributed by atoms with van der Waals surface area (Å²) < 4.78 is 29.4. The Hall–Kier alpha value is -3.17. The average molecular weight is 573 g/mol. The Kier molecular flexibility index (Phi) is 8.92. The Morgan fingerprint density at radius 3 is 1.94 bits per heavy atom. The van der Waals surface area contributed by atoms with Crippen molar-refractivity contribution in [2.45, 2.75) is 38.3 Å². The number of hydrogen-bond acceptors (Lipinski definition) is 4. The minimum Gasteiger partial charge on any atom is -0.357 e. The van der Waals surface area contributed by atoms with Crippen LogP contribution in [0.1, 0.15) is 23.6 Å². The second-order valence-corrected chi connectivity index (χ2v) is 11.4. The van der Waals surface area contributed by atoms with Crippen molar-refractivity contribution < 1.29 is 18.0 Å². The van der Waals surface area contributed by atoms with E-state index in [-0.39, 0.29) is 17.3 Å². The van der Waals surface area contributed by atoms with Crippen LogP contribution in [0, 0.1) is 13.8 Å². The average Bonchev–Trinajstić information content (AvgIpc) is 2.86. The number of likely N-dealkylation sites (N-methyl/N-ethyl adjacent to an activating group) is 1. The molecule has 3 aromatic rings. The summed E-state index contributed by atoms with van der Waals surface area (Å²) in [6, 6.07) is 20.0. The number of hydrogen-bond donors (Lipinski definition) is 1. The van der Waals surface area contributed by atoms with Crippen molar-refractivity contribution in [2.75, 3.05) is 17.9 Å². The molecule has 0 saturated heterocycles. The molecule has 1 atom stereocenters. The highest BCUT2D eigenvalue weighted by Gasteiger charge is 2.32. The summed E-state index contributed by atoms with van der Waals surface area (Å²) in [5, 5.41) is 2.58. The quantitative estimate of drug-likeness (QED) is 0.411. The first-order valence-corrected chi connectivity index (χ1v) is 13.7. The summed E-state index contributed by atoms with van der Waals surface area (Å²) in [5.74, 6) is -0.839. The van der Waals surface area contributed by atoms with Crippen LogP contribution in [0.4, 0.5) is 5.69 Å². The Bertz CT molecular complexity index is 1310. The number of carbonyl (C=O) groups is 2. The number of amides is 2. The van der Waals surface area contributed by atoms with Crippen LogP contribution in [0.25, 0.3) is 0 Å². The number of carbonyl (C=O) groups excluding carboxylic acids is 2. The molecule has 1 N–H and O–H groups in total. The van der Waals surface area contributed by atoms with E-state index in [0.717, 1.165) is 25.5 Å². The highest BCUT2D eigenvalue weighted by Crippen LogP contribution is 2.25. The van der Waals surface area contributed by atoms with Crippen LogP contribution in [0.5, 0.6) is 0 Å². The normalized spacial score (nSPS) is 12.0. The van der Waals surface area contributed by atoms with Crippen LogP contribution in [-0.4, -0.2) is 44.8 Å². The molecule has 190 valence electrons. The minimum absolute atomic E-state index is 0.0836. The number of sulfonamides is 1. The lowest BCUT2D eigenvalue weighted by molar-refractivity contribution is -0.139. The van der Waals surface area contributed by atoms with E-state index in [2.05, 4.69) is 21.2 Å². The van der Waals surface area contributed by atoms with Gasteiger partial charge < -0.3 is 10.2 Å². The lowest BCUT2D eigenvalue weighted by atomic mass is 10.1. The van der Waals surface area contributed by atoms with E-state index in [4.69, 9.17) is 0 Å². The monoisotopic (exact) mass is 571 g/mol. The van der Waals surface area contributed by atoms with Gasteiger partial charge in [0.05, 0.1) is 10.6 Å². The van der Waals surface area contributed by atoms with Gasteiger partial charge in [0.25, 0.3) is 10.0 Å². The number of nitrogens with zero attached hydrogens (tertiary/aromatic N) is 2. The van der Waals surface area contributed by atoms with Gasteiger partial charge in [-0.15, -0.1) is 0 Å². The molecule has 36 heavy (non-hydrogen) atoms. The zero-order valence-electron chi connectivity index (χ0n) is 20.7. The topological polar surface area (TPSA) is 86.8 Å². The van der Waals surface area contributed by atoms with Gasteiger partial charge in [0, 0.05) is 18.1 Å². The third-order valence-corrected chi connectivity index (χ3v) is 8.21. The highest BCUT2D eigenvalue weighted by atomic mass is 79.9. The third-order valence-electron chi connectivity index (χ3n) is 5.89. The van der Waals surface area contributed by atoms with E-state index in [1.54, 1.807) is 43.3 Å². The number of anilines is 1. The zero-order chi connectivity index (χ0) is 26.5. The van der Waals surface area contributed by atoms with Gasteiger partial charge in [-0.3, -0.25) is 13.9 Å². The summed E-state index contributed by atoms with van der Waals surface area (Å²) in [7, 11) is -2.56. The Morgan fingerprint density at radius 1 is 0.889 bits per heavy atom. The van der Waals surface area contributed by atoms with Crippen molar-refractivity contribution in [3.8, 4) is 0 Å². The van der Waals surface area contributed by atoms with Crippen LogP contribution in [0.15, 0.2) is 82.2 Å². The van der Waals surface area contributed by atoms with Gasteiger partial charge >= 0.3 is 0 Å². The molecule has 0 aliphatic carbocycles. The first kappa shape index (κ1) is 27.4. The maximum Gasteiger partial charge on any atom is 0.264 e. The fourth-order valence-electron chi connectivity index (χ4n) is 3.66. The van der Waals surface area contributed by atoms with Gasteiger partial charge in [-0.1, -0.05) is 63.5 Å². The molecule has 2 amide bonds. The van der Waals surface area contributed by atoms with Gasteiger partial charge in [0.15, 0.2) is 0 Å². The molecule has 0 fully saturated rings. The summed E-state index contributed by atoms with van der Waals surface area (Å²) in [5.41, 5.74) is 3.06. The predicted octanol–water partition coefficient (Wildman–Crippen LogP) is 4.42. The number of nitrogens with one attached hydrogen (secondary N) is 1. The molecule has 7 nitrogen and oxygen atoms in total. The van der Waals surface area contributed by atoms with E-state index in [9.17, 15) is 18.0 Å². The van der Waals surface area contributed by atoms with Crippen LogP contribution in [0.2, 0.25) is 0 Å². The van der Waals surface area contributed by atoms with Gasteiger partial charge in [-0.05, 0) is 62.7 Å². The first-order valence-electron chi connectivity index (χ1n) is 11.4. The van der Waals surface area contributed by atoms with Crippen molar-refractivity contribution >= 4 is 43.5 Å². The van der Waals surface area contributed by atoms with Crippen molar-refractivity contribution in [3.05, 3.63) is 94.0 Å². The molecule has 0 bridgehead atoms. The zero-order valence-corrected chi connectivity index (χ0v) is 23.1. The van der Waals surface area contributed by atoms with Crippen LogP contribution in [0.3, 0.4) is 0 Å². The number of aryl methyl sites for hydroxylation is 2. The molecule has 0 saturated carbocycles. The number of benzene rings is 3. The maximum atomic E-state index is 13.7. The summed E-state index contributed by atoms with van der Waals surface area (Å²) >= 11 is 3.40. The fourth-order valence-corrected chi connectivity index (χ4v) is 5.33. The molecule has 9 heteroatoms. The van der Waals surface area contributed by atoms with Crippen molar-refractivity contribution in [1.82, 2.24) is 10.2 Å². The van der Waals surface area contributed by atoms with Gasteiger partial charge in [-0.25, -0.2) is 8.42 Å². The lowest BCUT2D eigenvalue weighted by Gasteiger charge is -2.31. The molecule has 0 spiro atoms. The Labute approximate surface area is 221 Å². The first-order chi connectivity index (χ1) is 17.0. The SMILES string of the molecule is CNC(=O)[C@H](C)N(Cc1ccc(Br)cc1)C(=O)CN(c1ccc(C)cc1)S(=O)(=O)c1ccc(C)cc1. The second kappa shape index (κ2) is 11.7. The molecular formula is C27H30BrN3O4S. The Morgan fingerprint density at radius 2 is 1.42 bits per heavy atom. The summed E-state index contributed by atoms with van der Waals surface area (Å²) in [6.07, 6.45) is 0. The molecule has 3 aromatic carbocycles. The second-order valence-electron chi connectivity index (χ2n) is 8.60. The van der Waals surface area contributed by atoms with E-state index < -0.39 is 28.5 Å².